The van der Waals surface area contributed by atoms with E-state index in [2.05, 4.69) is 0 Å². The van der Waals surface area contributed by atoms with Crippen LogP contribution in [-0.4, -0.2) is 11.1 Å². The van der Waals surface area contributed by atoms with Crippen LogP contribution in [0, 0.1) is 26.2 Å². The van der Waals surface area contributed by atoms with Crippen LogP contribution in [0.1, 0.15) is 36.5 Å². The average molecular weight is 300 g/mol. The second-order valence-corrected chi connectivity index (χ2v) is 6.67. The van der Waals surface area contributed by atoms with Gasteiger partial charge < -0.3 is 13.9 Å². The zero-order chi connectivity index (χ0) is 16.2. The molecule has 3 aromatic rings. The van der Waals surface area contributed by atoms with Crippen LogP contribution in [0.15, 0.2) is 21.0 Å². The van der Waals surface area contributed by atoms with Gasteiger partial charge >= 0.3 is 5.97 Å². The van der Waals surface area contributed by atoms with E-state index in [-0.39, 0.29) is 0 Å². The second-order valence-electron chi connectivity index (χ2n) is 6.67. The molecule has 2 aromatic heterocycles. The summed E-state index contributed by atoms with van der Waals surface area (Å²) in [5, 5.41) is 11.4. The van der Waals surface area contributed by atoms with Crippen LogP contribution in [-0.2, 0) is 11.2 Å². The fourth-order valence-corrected chi connectivity index (χ4v) is 2.97. The Balaban J connectivity index is 2.38. The molecule has 0 fully saturated rings. The standard InChI is InChI=1S/C18H20O4/c1-9-6-12-11(3)15-13(7-10(2)21-15)14(16(12)22-9)8-18(4,5)17(19)20/h6-7H,8H2,1-5H3,(H,19,20). The van der Waals surface area contributed by atoms with E-state index in [1.807, 2.05) is 32.9 Å². The number of carboxylic acid groups (broad SMARTS) is 1. The molecule has 0 aliphatic heterocycles. The molecule has 1 aromatic carbocycles. The summed E-state index contributed by atoms with van der Waals surface area (Å²) in [6, 6.07) is 3.95. The number of aliphatic carboxylic acids is 1. The van der Waals surface area contributed by atoms with Crippen molar-refractivity contribution in [3.8, 4) is 0 Å². The van der Waals surface area contributed by atoms with Gasteiger partial charge in [-0.05, 0) is 53.2 Å². The minimum absolute atomic E-state index is 0.390. The van der Waals surface area contributed by atoms with E-state index in [0.717, 1.165) is 44.6 Å². The fourth-order valence-electron chi connectivity index (χ4n) is 2.97. The molecule has 116 valence electrons. The highest BCUT2D eigenvalue weighted by Crippen LogP contribution is 2.39. The molecule has 4 nitrogen and oxygen atoms in total. The average Bonchev–Trinajstić information content (AvgIpc) is 2.97. The summed E-state index contributed by atoms with van der Waals surface area (Å²) < 4.78 is 11.7. The minimum Gasteiger partial charge on any atom is -0.481 e. The normalized spacial score (nSPS) is 12.4. The van der Waals surface area contributed by atoms with Crippen molar-refractivity contribution >= 4 is 27.9 Å². The molecule has 0 radical (unpaired) electrons. The topological polar surface area (TPSA) is 63.6 Å². The lowest BCUT2D eigenvalue weighted by atomic mass is 9.84. The number of fused-ring (bicyclic) bond motifs is 2. The van der Waals surface area contributed by atoms with Gasteiger partial charge in [0.15, 0.2) is 0 Å². The Morgan fingerprint density at radius 1 is 1.05 bits per heavy atom. The van der Waals surface area contributed by atoms with Crippen molar-refractivity contribution in [1.82, 2.24) is 0 Å². The Hall–Kier alpha value is -2.23. The number of hydrogen-bond acceptors (Lipinski definition) is 3. The third-order valence-corrected chi connectivity index (χ3v) is 4.25. The Kier molecular flexibility index (Phi) is 3.09. The van der Waals surface area contributed by atoms with Crippen LogP contribution in [0.5, 0.6) is 0 Å². The Bertz CT molecular complexity index is 835. The quantitative estimate of drug-likeness (QED) is 0.757. The summed E-state index contributed by atoms with van der Waals surface area (Å²) in [5.41, 5.74) is 2.67. The van der Waals surface area contributed by atoms with E-state index in [0.29, 0.717) is 6.42 Å². The first kappa shape index (κ1) is 14.7. The largest absolute Gasteiger partial charge is 0.481 e. The van der Waals surface area contributed by atoms with Gasteiger partial charge in [-0.25, -0.2) is 0 Å². The summed E-state index contributed by atoms with van der Waals surface area (Å²) in [7, 11) is 0. The van der Waals surface area contributed by atoms with Gasteiger partial charge in [-0.15, -0.1) is 0 Å². The molecule has 4 heteroatoms. The molecule has 0 bridgehead atoms. The van der Waals surface area contributed by atoms with E-state index in [1.165, 1.54) is 0 Å². The minimum atomic E-state index is -0.874. The molecular formula is C18H20O4. The summed E-state index contributed by atoms with van der Waals surface area (Å²) in [4.78, 5) is 11.5. The van der Waals surface area contributed by atoms with Crippen LogP contribution in [0.25, 0.3) is 21.9 Å². The van der Waals surface area contributed by atoms with Crippen molar-refractivity contribution in [2.24, 2.45) is 5.41 Å². The molecule has 0 atom stereocenters. The molecule has 0 aliphatic carbocycles. The Morgan fingerprint density at radius 2 is 1.59 bits per heavy atom. The lowest BCUT2D eigenvalue weighted by Gasteiger charge is -2.20. The molecule has 0 spiro atoms. The van der Waals surface area contributed by atoms with Crippen LogP contribution < -0.4 is 0 Å². The fraction of sp³-hybridized carbons (Fsp3) is 0.389. The molecule has 0 saturated heterocycles. The third kappa shape index (κ3) is 2.10. The molecule has 3 rings (SSSR count). The molecular weight excluding hydrogens is 280 g/mol. The van der Waals surface area contributed by atoms with Gasteiger partial charge in [-0.2, -0.15) is 0 Å². The predicted molar refractivity (Wildman–Crippen MR) is 85.3 cm³/mol. The molecule has 0 amide bonds. The van der Waals surface area contributed by atoms with Crippen LogP contribution >= 0.6 is 0 Å². The number of carboxylic acids is 1. The Labute approximate surface area is 128 Å². The molecule has 0 saturated carbocycles. The van der Waals surface area contributed by atoms with Gasteiger partial charge in [0.05, 0.1) is 5.41 Å². The van der Waals surface area contributed by atoms with Crippen molar-refractivity contribution in [2.75, 3.05) is 0 Å². The number of hydrogen-bond donors (Lipinski definition) is 1. The van der Waals surface area contributed by atoms with Gasteiger partial charge in [0, 0.05) is 21.9 Å². The number of aryl methyl sites for hydroxylation is 3. The smallest absolute Gasteiger partial charge is 0.309 e. The predicted octanol–water partition coefficient (Wildman–Crippen LogP) is 4.76. The van der Waals surface area contributed by atoms with Gasteiger partial charge in [0.2, 0.25) is 0 Å². The first-order valence-electron chi connectivity index (χ1n) is 7.36. The van der Waals surface area contributed by atoms with Crippen LogP contribution in [0.3, 0.4) is 0 Å². The third-order valence-electron chi connectivity index (χ3n) is 4.25. The maximum absolute atomic E-state index is 11.5. The maximum Gasteiger partial charge on any atom is 0.309 e. The molecule has 0 aliphatic rings. The lowest BCUT2D eigenvalue weighted by Crippen LogP contribution is -2.26. The highest BCUT2D eigenvalue weighted by atomic mass is 16.4. The first-order chi connectivity index (χ1) is 10.2. The van der Waals surface area contributed by atoms with Crippen LogP contribution in [0.2, 0.25) is 0 Å². The highest BCUT2D eigenvalue weighted by Gasteiger charge is 2.31. The second kappa shape index (κ2) is 4.63. The molecule has 2 heterocycles. The van der Waals surface area contributed by atoms with Crippen LogP contribution in [0.4, 0.5) is 0 Å². The van der Waals surface area contributed by atoms with Crippen molar-refractivity contribution < 1.29 is 18.7 Å². The number of furan rings is 2. The van der Waals surface area contributed by atoms with Crippen molar-refractivity contribution in [3.63, 3.8) is 0 Å². The van der Waals surface area contributed by atoms with Crippen molar-refractivity contribution in [2.45, 2.75) is 41.0 Å². The number of carbonyl (C=O) groups is 1. The first-order valence-corrected chi connectivity index (χ1v) is 7.36. The summed E-state index contributed by atoms with van der Waals surface area (Å²) in [5.74, 6) is 0.812. The maximum atomic E-state index is 11.5. The lowest BCUT2D eigenvalue weighted by molar-refractivity contribution is -0.146. The highest BCUT2D eigenvalue weighted by molar-refractivity contribution is 6.02. The van der Waals surface area contributed by atoms with E-state index in [1.54, 1.807) is 13.8 Å². The van der Waals surface area contributed by atoms with Gasteiger partial charge in [0.1, 0.15) is 22.7 Å². The van der Waals surface area contributed by atoms with Crippen molar-refractivity contribution in [1.29, 1.82) is 0 Å². The van der Waals surface area contributed by atoms with E-state index in [4.69, 9.17) is 8.83 Å². The van der Waals surface area contributed by atoms with Gasteiger partial charge in [0.25, 0.3) is 0 Å². The monoisotopic (exact) mass is 300 g/mol. The summed E-state index contributed by atoms with van der Waals surface area (Å²) in [6.07, 6.45) is 0.390. The Morgan fingerprint density at radius 3 is 2.18 bits per heavy atom. The number of benzene rings is 1. The number of rotatable bonds is 3. The summed E-state index contributed by atoms with van der Waals surface area (Å²) >= 11 is 0. The van der Waals surface area contributed by atoms with Crippen molar-refractivity contribution in [3.05, 3.63) is 34.8 Å². The van der Waals surface area contributed by atoms with E-state index in [9.17, 15) is 9.90 Å². The van der Waals surface area contributed by atoms with E-state index < -0.39 is 11.4 Å². The van der Waals surface area contributed by atoms with E-state index >= 15 is 0 Å². The molecule has 22 heavy (non-hydrogen) atoms. The SMILES string of the molecule is Cc1cc2c(CC(C)(C)C(=O)O)c3oc(C)cc3c(C)c2o1. The van der Waals surface area contributed by atoms with Gasteiger partial charge in [-0.1, -0.05) is 0 Å². The zero-order valence-corrected chi connectivity index (χ0v) is 13.5. The zero-order valence-electron chi connectivity index (χ0n) is 13.5. The molecule has 0 unspecified atom stereocenters. The summed E-state index contributed by atoms with van der Waals surface area (Å²) in [6.45, 7) is 9.27. The van der Waals surface area contributed by atoms with Gasteiger partial charge in [-0.3, -0.25) is 4.79 Å². The molecule has 1 N–H and O–H groups in total.